The van der Waals surface area contributed by atoms with Crippen molar-refractivity contribution in [1.29, 1.82) is 0 Å². The van der Waals surface area contributed by atoms with E-state index in [0.717, 1.165) is 0 Å². The fourth-order valence-electron chi connectivity index (χ4n) is 1.60. The maximum atomic E-state index is 5.62. The molecule has 0 bridgehead atoms. The Balaban J connectivity index is 1.83. The first-order chi connectivity index (χ1) is 7.28. The van der Waals surface area contributed by atoms with Crippen molar-refractivity contribution in [3.05, 3.63) is 0 Å². The van der Waals surface area contributed by atoms with Gasteiger partial charge in [-0.2, -0.15) is 0 Å². The fraction of sp³-hybridized carbons (Fsp3) is 1.00. The van der Waals surface area contributed by atoms with Crippen LogP contribution in [0, 0.1) is 5.41 Å². The van der Waals surface area contributed by atoms with E-state index in [2.05, 4.69) is 0 Å². The molecule has 6 heteroatoms. The van der Waals surface area contributed by atoms with Crippen LogP contribution in [0.1, 0.15) is 0 Å². The molecule has 0 aromatic carbocycles. The summed E-state index contributed by atoms with van der Waals surface area (Å²) in [7, 11) is 0. The van der Waals surface area contributed by atoms with Gasteiger partial charge in [-0.05, 0) is 0 Å². The van der Waals surface area contributed by atoms with Crippen LogP contribution in [0.25, 0.3) is 0 Å². The number of ether oxygens (including phenoxy) is 4. The zero-order chi connectivity index (χ0) is 10.7. The van der Waals surface area contributed by atoms with Crippen molar-refractivity contribution in [2.75, 3.05) is 38.2 Å². The van der Waals surface area contributed by atoms with E-state index in [4.69, 9.17) is 42.1 Å². The number of alkyl halides is 2. The number of hydrogen-bond acceptors (Lipinski definition) is 4. The van der Waals surface area contributed by atoms with E-state index in [9.17, 15) is 0 Å². The summed E-state index contributed by atoms with van der Waals surface area (Å²) in [5.74, 6) is 0.699. The van der Waals surface area contributed by atoms with Crippen molar-refractivity contribution in [2.45, 2.75) is 12.6 Å². The Kier molecular flexibility index (Phi) is 4.10. The van der Waals surface area contributed by atoms with E-state index >= 15 is 0 Å². The Morgan fingerprint density at radius 1 is 0.800 bits per heavy atom. The molecule has 0 atom stereocenters. The first-order valence-electron chi connectivity index (χ1n) is 4.86. The second-order valence-corrected chi connectivity index (χ2v) is 4.53. The summed E-state index contributed by atoms with van der Waals surface area (Å²) in [6.07, 6.45) is -0.605. The van der Waals surface area contributed by atoms with E-state index in [1.165, 1.54) is 0 Å². The third kappa shape index (κ3) is 2.75. The van der Waals surface area contributed by atoms with Crippen molar-refractivity contribution in [1.82, 2.24) is 0 Å². The van der Waals surface area contributed by atoms with Crippen LogP contribution < -0.4 is 0 Å². The lowest BCUT2D eigenvalue weighted by Gasteiger charge is -2.43. The van der Waals surface area contributed by atoms with Gasteiger partial charge in [0.25, 0.3) is 0 Å². The van der Waals surface area contributed by atoms with E-state index in [1.807, 2.05) is 0 Å². The van der Waals surface area contributed by atoms with Crippen LogP contribution in [-0.4, -0.2) is 50.8 Å². The molecule has 0 N–H and O–H groups in total. The summed E-state index contributed by atoms with van der Waals surface area (Å²) >= 11 is 11.2. The van der Waals surface area contributed by atoms with Gasteiger partial charge in [-0.15, -0.1) is 23.2 Å². The molecule has 2 rings (SSSR count). The minimum absolute atomic E-state index is 0.189. The van der Waals surface area contributed by atoms with Gasteiger partial charge >= 0.3 is 0 Å². The second-order valence-electron chi connectivity index (χ2n) is 3.91. The van der Waals surface area contributed by atoms with Crippen molar-refractivity contribution >= 4 is 23.2 Å². The topological polar surface area (TPSA) is 36.9 Å². The van der Waals surface area contributed by atoms with Gasteiger partial charge in [0.1, 0.15) is 0 Å². The molecule has 2 heterocycles. The molecule has 1 spiro atoms. The third-order valence-corrected chi connectivity index (χ3v) is 3.06. The molecule has 0 aromatic rings. The number of halogens is 2. The SMILES string of the molecule is ClCC1OCC2(CO1)COC(CCl)OC2. The van der Waals surface area contributed by atoms with E-state index < -0.39 is 0 Å². The van der Waals surface area contributed by atoms with Gasteiger partial charge in [-0.25, -0.2) is 0 Å². The van der Waals surface area contributed by atoms with E-state index in [1.54, 1.807) is 0 Å². The second kappa shape index (κ2) is 5.17. The minimum atomic E-state index is -0.303. The van der Waals surface area contributed by atoms with Crippen molar-refractivity contribution in [3.63, 3.8) is 0 Å². The molecular weight excluding hydrogens is 243 g/mol. The summed E-state index contributed by atoms with van der Waals surface area (Å²) in [5, 5.41) is 0. The summed E-state index contributed by atoms with van der Waals surface area (Å²) in [5.41, 5.74) is -0.189. The molecule has 0 aliphatic carbocycles. The fourth-order valence-corrected chi connectivity index (χ4v) is 1.96. The van der Waals surface area contributed by atoms with Crippen LogP contribution in [0.3, 0.4) is 0 Å². The van der Waals surface area contributed by atoms with Crippen LogP contribution in [0.4, 0.5) is 0 Å². The molecule has 0 unspecified atom stereocenters. The van der Waals surface area contributed by atoms with Crippen molar-refractivity contribution in [2.24, 2.45) is 5.41 Å². The predicted molar refractivity (Wildman–Crippen MR) is 55.3 cm³/mol. The monoisotopic (exact) mass is 256 g/mol. The molecule has 15 heavy (non-hydrogen) atoms. The van der Waals surface area contributed by atoms with Gasteiger partial charge in [0.2, 0.25) is 0 Å². The van der Waals surface area contributed by atoms with Gasteiger partial charge in [0, 0.05) is 0 Å². The van der Waals surface area contributed by atoms with Gasteiger partial charge in [0.15, 0.2) is 12.6 Å². The highest BCUT2D eigenvalue weighted by Gasteiger charge is 2.41. The lowest BCUT2D eigenvalue weighted by Crippen LogP contribution is -2.52. The first kappa shape index (κ1) is 11.9. The standard InChI is InChI=1S/C9H14Cl2O4/c10-1-7-12-3-9(4-13-7)5-14-8(2-11)15-6-9/h7-8H,1-6H2. The zero-order valence-electron chi connectivity index (χ0n) is 8.29. The highest BCUT2D eigenvalue weighted by atomic mass is 35.5. The maximum Gasteiger partial charge on any atom is 0.171 e. The average Bonchev–Trinajstić information content (AvgIpc) is 2.31. The van der Waals surface area contributed by atoms with Crippen molar-refractivity contribution < 1.29 is 18.9 Å². The molecule has 2 aliphatic heterocycles. The van der Waals surface area contributed by atoms with Crippen LogP contribution in [0.5, 0.6) is 0 Å². The Morgan fingerprint density at radius 2 is 1.13 bits per heavy atom. The van der Waals surface area contributed by atoms with Gasteiger partial charge in [-0.1, -0.05) is 0 Å². The molecule has 2 saturated heterocycles. The predicted octanol–water partition coefficient (Wildman–Crippen LogP) is 1.20. The lowest BCUT2D eigenvalue weighted by atomic mass is 9.91. The first-order valence-corrected chi connectivity index (χ1v) is 5.93. The molecule has 4 nitrogen and oxygen atoms in total. The highest BCUT2D eigenvalue weighted by molar-refractivity contribution is 6.18. The van der Waals surface area contributed by atoms with E-state index in [0.29, 0.717) is 38.2 Å². The molecule has 0 saturated carbocycles. The molecular formula is C9H14Cl2O4. The minimum Gasteiger partial charge on any atom is -0.351 e. The van der Waals surface area contributed by atoms with E-state index in [-0.39, 0.29) is 18.0 Å². The molecule has 0 amide bonds. The summed E-state index contributed by atoms with van der Waals surface area (Å²) in [6.45, 7) is 2.22. The summed E-state index contributed by atoms with van der Waals surface area (Å²) in [4.78, 5) is 0. The highest BCUT2D eigenvalue weighted by Crippen LogP contribution is 2.30. The van der Waals surface area contributed by atoms with Crippen LogP contribution >= 0.6 is 23.2 Å². The molecule has 2 aliphatic rings. The Labute approximate surface area is 98.7 Å². The Hall–Kier alpha value is 0.420. The number of hydrogen-bond donors (Lipinski definition) is 0. The van der Waals surface area contributed by atoms with Gasteiger partial charge in [-0.3, -0.25) is 0 Å². The molecule has 88 valence electrons. The molecule has 0 radical (unpaired) electrons. The largest absolute Gasteiger partial charge is 0.351 e. The lowest BCUT2D eigenvalue weighted by molar-refractivity contribution is -0.293. The Bertz CT molecular complexity index is 173. The van der Waals surface area contributed by atoms with Gasteiger partial charge in [0.05, 0.1) is 43.6 Å². The summed E-state index contributed by atoms with van der Waals surface area (Å²) < 4.78 is 21.8. The van der Waals surface area contributed by atoms with Crippen molar-refractivity contribution in [3.8, 4) is 0 Å². The zero-order valence-corrected chi connectivity index (χ0v) is 9.80. The summed E-state index contributed by atoms with van der Waals surface area (Å²) in [6, 6.07) is 0. The molecule has 2 fully saturated rings. The van der Waals surface area contributed by atoms with Crippen LogP contribution in [-0.2, 0) is 18.9 Å². The number of rotatable bonds is 2. The third-order valence-electron chi connectivity index (χ3n) is 2.55. The smallest absolute Gasteiger partial charge is 0.171 e. The van der Waals surface area contributed by atoms with Gasteiger partial charge < -0.3 is 18.9 Å². The average molecular weight is 257 g/mol. The van der Waals surface area contributed by atoms with Crippen LogP contribution in [0.2, 0.25) is 0 Å². The molecule has 0 aromatic heterocycles. The maximum absolute atomic E-state index is 5.62. The normalized spacial score (nSPS) is 42.0. The van der Waals surface area contributed by atoms with Crippen LogP contribution in [0.15, 0.2) is 0 Å². The Morgan fingerprint density at radius 3 is 1.40 bits per heavy atom. The quantitative estimate of drug-likeness (QED) is 0.696.